The Hall–Kier alpha value is -2.49. The van der Waals surface area contributed by atoms with Crippen LogP contribution in [0.15, 0.2) is 58.4 Å². The average Bonchev–Trinajstić information content (AvgIpc) is 3.15. The van der Waals surface area contributed by atoms with Gasteiger partial charge in [-0.1, -0.05) is 29.5 Å². The number of aryl methyl sites for hydroxylation is 1. The maximum absolute atomic E-state index is 13.0. The molecule has 4 rings (SSSR count). The number of thiazole rings is 1. The molecular formula is C22H25N3O4S2. The van der Waals surface area contributed by atoms with Crippen molar-refractivity contribution in [2.75, 3.05) is 20.2 Å². The summed E-state index contributed by atoms with van der Waals surface area (Å²) in [6.07, 6.45) is 1.27. The van der Waals surface area contributed by atoms with Crippen LogP contribution in [0, 0.1) is 5.92 Å². The maximum atomic E-state index is 13.0. The van der Waals surface area contributed by atoms with Gasteiger partial charge >= 0.3 is 0 Å². The fourth-order valence-electron chi connectivity index (χ4n) is 3.86. The summed E-state index contributed by atoms with van der Waals surface area (Å²) in [5.41, 5.74) is 0.997. The summed E-state index contributed by atoms with van der Waals surface area (Å²) >= 11 is 1.44. The number of fused-ring (bicyclic) bond motifs is 1. The Kier molecular flexibility index (Phi) is 6.27. The minimum Gasteiger partial charge on any atom is -0.497 e. The quantitative estimate of drug-likeness (QED) is 0.587. The lowest BCUT2D eigenvalue weighted by Gasteiger charge is -2.30. The third-order valence-electron chi connectivity index (χ3n) is 5.53. The molecule has 2 heterocycles. The van der Waals surface area contributed by atoms with E-state index >= 15 is 0 Å². The van der Waals surface area contributed by atoms with Crippen LogP contribution in [-0.2, 0) is 21.4 Å². The zero-order chi connectivity index (χ0) is 22.0. The second-order valence-electron chi connectivity index (χ2n) is 7.43. The molecule has 1 aromatic heterocycles. The van der Waals surface area contributed by atoms with Gasteiger partial charge in [0.2, 0.25) is 10.0 Å². The first kappa shape index (κ1) is 21.7. The molecule has 9 heteroatoms. The van der Waals surface area contributed by atoms with Gasteiger partial charge in [-0.15, -0.1) is 0 Å². The highest BCUT2D eigenvalue weighted by molar-refractivity contribution is 7.89. The highest BCUT2D eigenvalue weighted by Gasteiger charge is 2.33. The van der Waals surface area contributed by atoms with E-state index in [1.807, 2.05) is 29.7 Å². The van der Waals surface area contributed by atoms with Crippen LogP contribution >= 0.6 is 11.3 Å². The number of piperidine rings is 1. The number of carbonyl (C=O) groups excluding carboxylic acids is 1. The van der Waals surface area contributed by atoms with Gasteiger partial charge in [0.15, 0.2) is 4.80 Å². The molecule has 3 aromatic rings. The molecule has 0 aliphatic carbocycles. The van der Waals surface area contributed by atoms with Crippen LogP contribution in [0.5, 0.6) is 5.75 Å². The average molecular weight is 460 g/mol. The minimum absolute atomic E-state index is 0.157. The number of hydrogen-bond acceptors (Lipinski definition) is 5. The van der Waals surface area contributed by atoms with E-state index in [1.165, 1.54) is 15.6 Å². The van der Waals surface area contributed by atoms with Crippen molar-refractivity contribution in [3.05, 3.63) is 53.3 Å². The second-order valence-corrected chi connectivity index (χ2v) is 10.4. The van der Waals surface area contributed by atoms with Crippen LogP contribution in [0.25, 0.3) is 10.2 Å². The van der Waals surface area contributed by atoms with Gasteiger partial charge in [0.05, 0.1) is 28.1 Å². The molecule has 1 amide bonds. The smallest absolute Gasteiger partial charge is 0.252 e. The summed E-state index contributed by atoms with van der Waals surface area (Å²) in [5.74, 6) is 0.0369. The first-order chi connectivity index (χ1) is 14.9. The third kappa shape index (κ3) is 4.30. The molecule has 7 nitrogen and oxygen atoms in total. The van der Waals surface area contributed by atoms with E-state index in [1.54, 1.807) is 37.4 Å². The van der Waals surface area contributed by atoms with Crippen LogP contribution in [0.3, 0.4) is 0 Å². The van der Waals surface area contributed by atoms with Crippen LogP contribution in [0.4, 0.5) is 0 Å². The van der Waals surface area contributed by atoms with E-state index in [9.17, 15) is 13.2 Å². The Morgan fingerprint density at radius 1 is 1.23 bits per heavy atom. The molecule has 0 radical (unpaired) electrons. The molecular weight excluding hydrogens is 434 g/mol. The van der Waals surface area contributed by atoms with E-state index in [2.05, 4.69) is 4.99 Å². The Labute approximate surface area is 185 Å². The molecule has 1 aliphatic heterocycles. The maximum Gasteiger partial charge on any atom is 0.252 e. The molecule has 2 aromatic carbocycles. The van der Waals surface area contributed by atoms with Crippen molar-refractivity contribution in [3.8, 4) is 5.75 Å². The van der Waals surface area contributed by atoms with Crippen molar-refractivity contribution in [3.63, 3.8) is 0 Å². The molecule has 0 N–H and O–H groups in total. The molecule has 0 saturated carbocycles. The molecule has 0 spiro atoms. The van der Waals surface area contributed by atoms with E-state index in [-0.39, 0.29) is 17.3 Å². The molecule has 1 unspecified atom stereocenters. The van der Waals surface area contributed by atoms with Crippen molar-refractivity contribution in [1.82, 2.24) is 8.87 Å². The Bertz CT molecular complexity index is 1260. The number of sulfonamides is 1. The molecule has 1 aliphatic rings. The number of ether oxygens (including phenoxy) is 1. The number of nitrogens with zero attached hydrogens (tertiary/aromatic N) is 3. The first-order valence-electron chi connectivity index (χ1n) is 10.2. The summed E-state index contributed by atoms with van der Waals surface area (Å²) in [5, 5.41) is 0. The summed E-state index contributed by atoms with van der Waals surface area (Å²) in [7, 11) is -2.00. The van der Waals surface area contributed by atoms with Crippen molar-refractivity contribution < 1.29 is 17.9 Å². The predicted octanol–water partition coefficient (Wildman–Crippen LogP) is 3.26. The summed E-state index contributed by atoms with van der Waals surface area (Å²) < 4.78 is 35.6. The summed E-state index contributed by atoms with van der Waals surface area (Å²) in [6, 6.07) is 14.1. The van der Waals surface area contributed by atoms with Crippen molar-refractivity contribution in [2.45, 2.75) is 31.2 Å². The predicted molar refractivity (Wildman–Crippen MR) is 121 cm³/mol. The Morgan fingerprint density at radius 3 is 2.71 bits per heavy atom. The monoisotopic (exact) mass is 459 g/mol. The highest BCUT2D eigenvalue weighted by atomic mass is 32.2. The van der Waals surface area contributed by atoms with E-state index in [0.29, 0.717) is 30.7 Å². The van der Waals surface area contributed by atoms with Crippen LogP contribution in [0.1, 0.15) is 19.8 Å². The lowest BCUT2D eigenvalue weighted by atomic mass is 9.99. The molecule has 1 atom stereocenters. The zero-order valence-corrected chi connectivity index (χ0v) is 19.2. The van der Waals surface area contributed by atoms with E-state index in [0.717, 1.165) is 16.0 Å². The molecule has 0 bridgehead atoms. The van der Waals surface area contributed by atoms with E-state index in [4.69, 9.17) is 4.74 Å². The topological polar surface area (TPSA) is 81.0 Å². The highest BCUT2D eigenvalue weighted by Crippen LogP contribution is 2.26. The minimum atomic E-state index is -3.62. The van der Waals surface area contributed by atoms with Crippen LogP contribution in [0.2, 0.25) is 0 Å². The number of benzene rings is 2. The summed E-state index contributed by atoms with van der Waals surface area (Å²) in [4.78, 5) is 18.3. The number of amides is 1. The SMILES string of the molecule is CCn1c(=NC(=O)C2CCCN(S(=O)(=O)c3ccccc3)C2)sc2cc(OC)ccc21. The molecule has 31 heavy (non-hydrogen) atoms. The normalized spacial score (nSPS) is 18.4. The van der Waals surface area contributed by atoms with Gasteiger partial charge in [0.25, 0.3) is 5.91 Å². The van der Waals surface area contributed by atoms with Gasteiger partial charge in [0, 0.05) is 19.6 Å². The first-order valence-corrected chi connectivity index (χ1v) is 12.5. The molecule has 1 saturated heterocycles. The fourth-order valence-corrected chi connectivity index (χ4v) is 6.53. The van der Waals surface area contributed by atoms with Crippen molar-refractivity contribution in [2.24, 2.45) is 10.9 Å². The zero-order valence-electron chi connectivity index (χ0n) is 17.5. The second kappa shape index (κ2) is 8.94. The number of rotatable bonds is 5. The van der Waals surface area contributed by atoms with Gasteiger partial charge in [-0.25, -0.2) is 8.42 Å². The van der Waals surface area contributed by atoms with Crippen LogP contribution in [-0.4, -0.2) is 43.4 Å². The largest absolute Gasteiger partial charge is 0.497 e. The van der Waals surface area contributed by atoms with Gasteiger partial charge in [0.1, 0.15) is 5.75 Å². The number of hydrogen-bond donors (Lipinski definition) is 0. The van der Waals surface area contributed by atoms with Gasteiger partial charge < -0.3 is 9.30 Å². The fraction of sp³-hybridized carbons (Fsp3) is 0.364. The van der Waals surface area contributed by atoms with E-state index < -0.39 is 15.9 Å². The van der Waals surface area contributed by atoms with Crippen LogP contribution < -0.4 is 9.54 Å². The lowest BCUT2D eigenvalue weighted by molar-refractivity contribution is -0.122. The molecule has 164 valence electrons. The van der Waals surface area contributed by atoms with Crippen molar-refractivity contribution in [1.29, 1.82) is 0 Å². The van der Waals surface area contributed by atoms with Crippen molar-refractivity contribution >= 4 is 37.5 Å². The number of aromatic nitrogens is 1. The number of methoxy groups -OCH3 is 1. The summed E-state index contributed by atoms with van der Waals surface area (Å²) in [6.45, 7) is 3.26. The van der Waals surface area contributed by atoms with Gasteiger partial charge in [-0.2, -0.15) is 9.30 Å². The number of carbonyl (C=O) groups is 1. The Balaban J connectivity index is 1.62. The van der Waals surface area contributed by atoms with Gasteiger partial charge in [-0.05, 0) is 50.1 Å². The standard InChI is InChI=1S/C22H25N3O4S2/c1-3-25-19-12-11-17(29-2)14-20(19)30-22(25)23-21(26)16-8-7-13-24(15-16)31(27,28)18-9-5-4-6-10-18/h4-6,9-12,14,16H,3,7-8,13,15H2,1-2H3. The van der Waals surface area contributed by atoms with Gasteiger partial charge in [-0.3, -0.25) is 4.79 Å². The molecule has 1 fully saturated rings. The third-order valence-corrected chi connectivity index (χ3v) is 8.45. The lowest BCUT2D eigenvalue weighted by Crippen LogP contribution is -2.42. The Morgan fingerprint density at radius 2 is 2.00 bits per heavy atom.